The lowest BCUT2D eigenvalue weighted by molar-refractivity contribution is -0.118. The molecular weight excluding hydrogens is 344 g/mol. The van der Waals surface area contributed by atoms with E-state index in [0.717, 1.165) is 18.7 Å². The minimum atomic E-state index is -0.414. The zero-order chi connectivity index (χ0) is 18.0. The molecule has 2 amide bonds. The quantitative estimate of drug-likeness (QED) is 0.864. The van der Waals surface area contributed by atoms with Crippen LogP contribution >= 0.6 is 11.6 Å². The third-order valence-electron chi connectivity index (χ3n) is 4.41. The topological polar surface area (TPSA) is 101 Å². The second-order valence-electron chi connectivity index (χ2n) is 6.11. The Bertz CT molecular complexity index is 797. The number of phenols is 1. The molecule has 0 saturated carbocycles. The molecule has 0 bridgehead atoms. The SMILES string of the molecule is NC(=O)Cn1ccnc1C1CCN(C(=O)c2cc(Cl)ccc2O)CC1. The summed E-state index contributed by atoms with van der Waals surface area (Å²) < 4.78 is 1.76. The van der Waals surface area contributed by atoms with Crippen LogP contribution in [0.4, 0.5) is 0 Å². The lowest BCUT2D eigenvalue weighted by Gasteiger charge is -2.32. The minimum Gasteiger partial charge on any atom is -0.507 e. The standard InChI is InChI=1S/C17H19ClN4O3/c18-12-1-2-14(23)13(9-12)17(25)21-6-3-11(4-7-21)16-20-5-8-22(16)10-15(19)24/h1-2,5,8-9,11,23H,3-4,6-7,10H2,(H2,19,24). The van der Waals surface area contributed by atoms with Gasteiger partial charge in [0.25, 0.3) is 5.91 Å². The van der Waals surface area contributed by atoms with Gasteiger partial charge in [-0.05, 0) is 31.0 Å². The third kappa shape index (κ3) is 3.76. The first-order chi connectivity index (χ1) is 12.0. The molecule has 2 heterocycles. The fourth-order valence-electron chi connectivity index (χ4n) is 3.17. The van der Waals surface area contributed by atoms with Gasteiger partial charge in [-0.15, -0.1) is 0 Å². The highest BCUT2D eigenvalue weighted by Crippen LogP contribution is 2.29. The van der Waals surface area contributed by atoms with Gasteiger partial charge in [0.2, 0.25) is 5.91 Å². The summed E-state index contributed by atoms with van der Waals surface area (Å²) in [5, 5.41) is 10.3. The van der Waals surface area contributed by atoms with Crippen LogP contribution in [0.25, 0.3) is 0 Å². The van der Waals surface area contributed by atoms with Gasteiger partial charge in [-0.25, -0.2) is 4.98 Å². The molecule has 0 atom stereocenters. The first kappa shape index (κ1) is 17.3. The molecule has 1 aromatic heterocycles. The van der Waals surface area contributed by atoms with E-state index >= 15 is 0 Å². The van der Waals surface area contributed by atoms with Crippen LogP contribution < -0.4 is 5.73 Å². The minimum absolute atomic E-state index is 0.0754. The number of piperidine rings is 1. The average molecular weight is 363 g/mol. The van der Waals surface area contributed by atoms with Crippen molar-refractivity contribution in [3.8, 4) is 5.75 Å². The fourth-order valence-corrected chi connectivity index (χ4v) is 3.34. The fraction of sp³-hybridized carbons (Fsp3) is 0.353. The highest BCUT2D eigenvalue weighted by Gasteiger charge is 2.28. The van der Waals surface area contributed by atoms with E-state index in [4.69, 9.17) is 17.3 Å². The Morgan fingerprint density at radius 3 is 2.72 bits per heavy atom. The number of primary amides is 1. The van der Waals surface area contributed by atoms with E-state index in [-0.39, 0.29) is 29.7 Å². The van der Waals surface area contributed by atoms with Gasteiger partial charge in [-0.3, -0.25) is 9.59 Å². The van der Waals surface area contributed by atoms with E-state index in [1.54, 1.807) is 27.9 Å². The Kier molecular flexibility index (Phi) is 4.94. The maximum Gasteiger partial charge on any atom is 0.257 e. The molecule has 1 aliphatic rings. The molecule has 0 unspecified atom stereocenters. The number of hydrogen-bond donors (Lipinski definition) is 2. The van der Waals surface area contributed by atoms with Crippen LogP contribution in [0.5, 0.6) is 5.75 Å². The Morgan fingerprint density at radius 1 is 1.32 bits per heavy atom. The number of carbonyl (C=O) groups excluding carboxylic acids is 2. The summed E-state index contributed by atoms with van der Waals surface area (Å²) in [7, 11) is 0. The first-order valence-corrected chi connectivity index (χ1v) is 8.40. The van der Waals surface area contributed by atoms with Gasteiger partial charge >= 0.3 is 0 Å². The number of amides is 2. The van der Waals surface area contributed by atoms with Gasteiger partial charge in [0, 0.05) is 36.4 Å². The number of likely N-dealkylation sites (tertiary alicyclic amines) is 1. The monoisotopic (exact) mass is 362 g/mol. The summed E-state index contributed by atoms with van der Waals surface area (Å²) in [5.41, 5.74) is 5.47. The van der Waals surface area contributed by atoms with Crippen LogP contribution in [0.3, 0.4) is 0 Å². The normalized spacial score (nSPS) is 15.3. The number of benzene rings is 1. The van der Waals surface area contributed by atoms with Crippen molar-refractivity contribution in [3.05, 3.63) is 47.0 Å². The predicted molar refractivity (Wildman–Crippen MR) is 92.4 cm³/mol. The van der Waals surface area contributed by atoms with Crippen molar-refractivity contribution in [2.45, 2.75) is 25.3 Å². The number of phenolic OH excluding ortho intramolecular Hbond substituents is 1. The molecule has 1 aromatic carbocycles. The Labute approximate surface area is 150 Å². The van der Waals surface area contributed by atoms with E-state index < -0.39 is 5.91 Å². The van der Waals surface area contributed by atoms with Crippen LogP contribution in [0.15, 0.2) is 30.6 Å². The molecule has 1 aliphatic heterocycles. The molecule has 0 aliphatic carbocycles. The second kappa shape index (κ2) is 7.14. The number of carbonyl (C=O) groups is 2. The van der Waals surface area contributed by atoms with Crippen molar-refractivity contribution in [1.29, 1.82) is 0 Å². The number of aromatic hydroxyl groups is 1. The molecular formula is C17H19ClN4O3. The van der Waals surface area contributed by atoms with Gasteiger partial charge in [0.1, 0.15) is 18.1 Å². The van der Waals surface area contributed by atoms with Crippen molar-refractivity contribution in [3.63, 3.8) is 0 Å². The van der Waals surface area contributed by atoms with E-state index in [1.807, 2.05) is 0 Å². The zero-order valence-electron chi connectivity index (χ0n) is 13.6. The summed E-state index contributed by atoms with van der Waals surface area (Å²) in [6.07, 6.45) is 4.84. The molecule has 7 nitrogen and oxygen atoms in total. The van der Waals surface area contributed by atoms with Crippen molar-refractivity contribution in [1.82, 2.24) is 14.5 Å². The summed E-state index contributed by atoms with van der Waals surface area (Å²) in [6.45, 7) is 1.18. The number of rotatable bonds is 4. The van der Waals surface area contributed by atoms with E-state index in [9.17, 15) is 14.7 Å². The third-order valence-corrected chi connectivity index (χ3v) is 4.65. The number of nitrogens with two attached hydrogens (primary N) is 1. The largest absolute Gasteiger partial charge is 0.507 e. The molecule has 25 heavy (non-hydrogen) atoms. The molecule has 0 spiro atoms. The summed E-state index contributed by atoms with van der Waals surface area (Å²) in [5.74, 6) is 0.249. The van der Waals surface area contributed by atoms with E-state index in [2.05, 4.69) is 4.98 Å². The van der Waals surface area contributed by atoms with Crippen molar-refractivity contribution in [2.24, 2.45) is 5.73 Å². The zero-order valence-corrected chi connectivity index (χ0v) is 14.3. The maximum atomic E-state index is 12.6. The average Bonchev–Trinajstić information content (AvgIpc) is 3.04. The van der Waals surface area contributed by atoms with Gasteiger partial charge in [0.15, 0.2) is 0 Å². The lowest BCUT2D eigenvalue weighted by atomic mass is 9.95. The molecule has 132 valence electrons. The second-order valence-corrected chi connectivity index (χ2v) is 6.54. The van der Waals surface area contributed by atoms with Gasteiger partial charge < -0.3 is 20.3 Å². The summed E-state index contributed by atoms with van der Waals surface area (Å²) in [4.78, 5) is 29.8. The van der Waals surface area contributed by atoms with Crippen molar-refractivity contribution < 1.29 is 14.7 Å². The Morgan fingerprint density at radius 2 is 2.04 bits per heavy atom. The molecule has 8 heteroatoms. The molecule has 1 fully saturated rings. The Hall–Kier alpha value is -2.54. The van der Waals surface area contributed by atoms with Crippen molar-refractivity contribution in [2.75, 3.05) is 13.1 Å². The summed E-state index contributed by atoms with van der Waals surface area (Å²) >= 11 is 5.92. The molecule has 0 radical (unpaired) electrons. The highest BCUT2D eigenvalue weighted by atomic mass is 35.5. The van der Waals surface area contributed by atoms with Crippen LogP contribution in [-0.2, 0) is 11.3 Å². The number of hydrogen-bond acceptors (Lipinski definition) is 4. The lowest BCUT2D eigenvalue weighted by Crippen LogP contribution is -2.38. The van der Waals surface area contributed by atoms with Gasteiger partial charge in [-0.1, -0.05) is 11.6 Å². The van der Waals surface area contributed by atoms with Gasteiger partial charge in [0.05, 0.1) is 5.56 Å². The van der Waals surface area contributed by atoms with Gasteiger partial charge in [-0.2, -0.15) is 0 Å². The van der Waals surface area contributed by atoms with Crippen LogP contribution in [0.1, 0.15) is 34.9 Å². The number of nitrogens with zero attached hydrogens (tertiary/aromatic N) is 3. The van der Waals surface area contributed by atoms with Crippen molar-refractivity contribution >= 4 is 23.4 Å². The summed E-state index contributed by atoms with van der Waals surface area (Å²) in [6, 6.07) is 4.44. The number of halogens is 1. The van der Waals surface area contributed by atoms with Crippen LogP contribution in [0, 0.1) is 0 Å². The molecule has 2 aromatic rings. The smallest absolute Gasteiger partial charge is 0.257 e. The number of imidazole rings is 1. The first-order valence-electron chi connectivity index (χ1n) is 8.03. The molecule has 3 rings (SSSR count). The van der Waals surface area contributed by atoms with Crippen LogP contribution in [-0.4, -0.2) is 44.5 Å². The maximum absolute atomic E-state index is 12.6. The predicted octanol–water partition coefficient (Wildman–Crippen LogP) is 1.75. The molecule has 1 saturated heterocycles. The highest BCUT2D eigenvalue weighted by molar-refractivity contribution is 6.31. The van der Waals surface area contributed by atoms with Crippen LogP contribution in [0.2, 0.25) is 5.02 Å². The number of aromatic nitrogens is 2. The van der Waals surface area contributed by atoms with E-state index in [1.165, 1.54) is 12.1 Å². The van der Waals surface area contributed by atoms with E-state index in [0.29, 0.717) is 18.1 Å². The Balaban J connectivity index is 1.68. The molecule has 3 N–H and O–H groups in total.